The summed E-state index contributed by atoms with van der Waals surface area (Å²) in [6.45, 7) is -0.316. The minimum absolute atomic E-state index is 0.0114. The van der Waals surface area contributed by atoms with Gasteiger partial charge in [-0.15, -0.1) is 0 Å². The molecule has 8 nitrogen and oxygen atoms in total. The van der Waals surface area contributed by atoms with Crippen LogP contribution in [0.15, 0.2) is 82.0 Å². The predicted octanol–water partition coefficient (Wildman–Crippen LogP) is 3.95. The van der Waals surface area contributed by atoms with Crippen molar-refractivity contribution in [3.05, 3.63) is 82.7 Å². The molecule has 0 amide bonds. The Morgan fingerprint density at radius 2 is 1.50 bits per heavy atom. The Balaban J connectivity index is 1.62. The molecule has 0 radical (unpaired) electrons. The summed E-state index contributed by atoms with van der Waals surface area (Å²) in [5.74, 6) is -1.90. The van der Waals surface area contributed by atoms with E-state index in [9.17, 15) is 27.9 Å². The summed E-state index contributed by atoms with van der Waals surface area (Å²) in [6.07, 6.45) is 2.91. The highest BCUT2D eigenvalue weighted by Gasteiger charge is 2.43. The maximum Gasteiger partial charge on any atom is 0.339 e. The smallest absolute Gasteiger partial charge is 0.339 e. The first kappa shape index (κ1) is 24.0. The molecule has 1 N–H and O–H groups in total. The summed E-state index contributed by atoms with van der Waals surface area (Å²) < 4.78 is 31.0. The Bertz CT molecular complexity index is 1380. The summed E-state index contributed by atoms with van der Waals surface area (Å²) in [6, 6.07) is 14.2. The van der Waals surface area contributed by atoms with E-state index < -0.39 is 22.0 Å². The van der Waals surface area contributed by atoms with E-state index in [2.05, 4.69) is 0 Å². The van der Waals surface area contributed by atoms with Gasteiger partial charge in [0.05, 0.1) is 0 Å². The van der Waals surface area contributed by atoms with E-state index in [0.717, 1.165) is 0 Å². The van der Waals surface area contributed by atoms with Gasteiger partial charge in [0.1, 0.15) is 17.2 Å². The highest BCUT2D eigenvalue weighted by atomic mass is 32.2. The van der Waals surface area contributed by atoms with Crippen LogP contribution in [0, 0.1) is 0 Å². The third kappa shape index (κ3) is 4.35. The number of Topliss-reactive ketones (excluding diaryl/α,β-unsaturated/α-hetero) is 2. The minimum atomic E-state index is -4.08. The van der Waals surface area contributed by atoms with Gasteiger partial charge in [0.25, 0.3) is 0 Å². The molecular weight excluding hydrogens is 482 g/mol. The number of carbonyl (C=O) groups excluding carboxylic acids is 2. The highest BCUT2D eigenvalue weighted by molar-refractivity contribution is 7.87. The molecule has 36 heavy (non-hydrogen) atoms. The Kier molecular flexibility index (Phi) is 6.26. The monoisotopic (exact) mass is 507 g/mol. The normalized spacial score (nSPS) is 18.7. The molecule has 0 aromatic heterocycles. The molecule has 3 aliphatic rings. The molecule has 0 bridgehead atoms. The molecule has 186 valence electrons. The molecular formula is C27H25NO7S. The summed E-state index contributed by atoms with van der Waals surface area (Å²) >= 11 is 0. The van der Waals surface area contributed by atoms with E-state index in [1.807, 2.05) is 0 Å². The molecule has 0 saturated carbocycles. The Hall–Kier alpha value is -3.72. The lowest BCUT2D eigenvalue weighted by atomic mass is 9.71. The molecule has 2 aromatic carbocycles. The average molecular weight is 508 g/mol. The van der Waals surface area contributed by atoms with Gasteiger partial charge in [-0.05, 0) is 55.5 Å². The van der Waals surface area contributed by atoms with Gasteiger partial charge < -0.3 is 14.2 Å². The highest BCUT2D eigenvalue weighted by Crippen LogP contribution is 2.49. The van der Waals surface area contributed by atoms with E-state index in [1.165, 1.54) is 18.2 Å². The van der Waals surface area contributed by atoms with Crippen LogP contribution in [-0.2, 0) is 24.5 Å². The van der Waals surface area contributed by atoms with E-state index >= 15 is 0 Å². The molecule has 0 unspecified atom stereocenters. The molecule has 0 spiro atoms. The third-order valence-corrected chi connectivity index (χ3v) is 8.07. The fourth-order valence-corrected chi connectivity index (χ4v) is 6.33. The number of nitrogens with zero attached hydrogens (tertiary/aromatic N) is 1. The van der Waals surface area contributed by atoms with Crippen molar-refractivity contribution in [2.24, 2.45) is 0 Å². The van der Waals surface area contributed by atoms with Crippen molar-refractivity contribution in [1.82, 2.24) is 4.90 Å². The molecule has 5 rings (SSSR count). The second-order valence-electron chi connectivity index (χ2n) is 9.11. The Morgan fingerprint density at radius 1 is 0.889 bits per heavy atom. The second-order valence-corrected chi connectivity index (χ2v) is 10.7. The SMILES string of the molecule is O=C(O)CN1C2=C(C(=O)CCC2)C(c2cccc(OS(=O)(=O)c3ccccc3)c2)C2=C1CCCC2=O. The van der Waals surface area contributed by atoms with Gasteiger partial charge in [-0.2, -0.15) is 8.42 Å². The maximum atomic E-state index is 13.2. The van der Waals surface area contributed by atoms with Crippen molar-refractivity contribution in [3.63, 3.8) is 0 Å². The van der Waals surface area contributed by atoms with Crippen LogP contribution in [0.25, 0.3) is 0 Å². The van der Waals surface area contributed by atoms with Gasteiger partial charge in [-0.25, -0.2) is 0 Å². The van der Waals surface area contributed by atoms with E-state index in [0.29, 0.717) is 66.6 Å². The van der Waals surface area contributed by atoms with Crippen LogP contribution < -0.4 is 4.18 Å². The topological polar surface area (TPSA) is 118 Å². The minimum Gasteiger partial charge on any atom is -0.480 e. The quantitative estimate of drug-likeness (QED) is 0.584. The standard InChI is InChI=1S/C27H25NO7S/c29-22-13-5-11-20-26(22)25(27-21(12-6-14-23(27)30)28(20)16-24(31)32)17-7-4-8-18(15-17)35-36(33,34)19-9-2-1-3-10-19/h1-4,7-10,15,25H,5-6,11-14,16H2,(H,31,32). The lowest BCUT2D eigenvalue weighted by molar-refractivity contribution is -0.138. The van der Waals surface area contributed by atoms with Crippen LogP contribution in [0.4, 0.5) is 0 Å². The van der Waals surface area contributed by atoms with Crippen LogP contribution in [0.5, 0.6) is 5.75 Å². The van der Waals surface area contributed by atoms with Crippen LogP contribution in [0.1, 0.15) is 50.0 Å². The maximum absolute atomic E-state index is 13.2. The second kappa shape index (κ2) is 9.39. The Labute approximate surface area is 209 Å². The fraction of sp³-hybridized carbons (Fsp3) is 0.296. The van der Waals surface area contributed by atoms with Gasteiger partial charge in [-0.3, -0.25) is 14.4 Å². The summed E-state index contributed by atoms with van der Waals surface area (Å²) in [4.78, 5) is 39.8. The van der Waals surface area contributed by atoms with Crippen LogP contribution >= 0.6 is 0 Å². The van der Waals surface area contributed by atoms with Crippen molar-refractivity contribution in [1.29, 1.82) is 0 Å². The summed E-state index contributed by atoms with van der Waals surface area (Å²) in [7, 11) is -4.08. The molecule has 1 aliphatic heterocycles. The number of ketones is 2. The van der Waals surface area contributed by atoms with Crippen molar-refractivity contribution in [2.45, 2.75) is 49.3 Å². The van der Waals surface area contributed by atoms with Crippen molar-refractivity contribution >= 4 is 27.7 Å². The van der Waals surface area contributed by atoms with Gasteiger partial charge in [0.15, 0.2) is 11.6 Å². The van der Waals surface area contributed by atoms with E-state index in [-0.39, 0.29) is 28.8 Å². The number of carboxylic acid groups (broad SMARTS) is 1. The largest absolute Gasteiger partial charge is 0.480 e. The average Bonchev–Trinajstić information content (AvgIpc) is 2.85. The first-order chi connectivity index (χ1) is 17.3. The number of allylic oxidation sites excluding steroid dienone is 4. The van der Waals surface area contributed by atoms with Gasteiger partial charge >= 0.3 is 16.1 Å². The molecule has 2 aromatic rings. The molecule has 2 aliphatic carbocycles. The Morgan fingerprint density at radius 3 is 2.08 bits per heavy atom. The number of aliphatic carboxylic acids is 1. The molecule has 0 saturated heterocycles. The van der Waals surface area contributed by atoms with Crippen LogP contribution in [-0.4, -0.2) is 42.5 Å². The number of benzene rings is 2. The number of carboxylic acids is 1. The lowest BCUT2D eigenvalue weighted by Crippen LogP contribution is -2.41. The summed E-state index contributed by atoms with van der Waals surface area (Å²) in [5, 5.41) is 9.57. The number of hydrogen-bond acceptors (Lipinski definition) is 7. The number of carbonyl (C=O) groups is 3. The molecule has 9 heteroatoms. The molecule has 1 heterocycles. The summed E-state index contributed by atoms with van der Waals surface area (Å²) in [5.41, 5.74) is 2.72. The zero-order valence-corrected chi connectivity index (χ0v) is 20.3. The van der Waals surface area contributed by atoms with Crippen molar-refractivity contribution < 1.29 is 32.1 Å². The fourth-order valence-electron chi connectivity index (χ4n) is 5.38. The van der Waals surface area contributed by atoms with Crippen LogP contribution in [0.3, 0.4) is 0 Å². The van der Waals surface area contributed by atoms with Gasteiger partial charge in [0.2, 0.25) is 0 Å². The van der Waals surface area contributed by atoms with Gasteiger partial charge in [0, 0.05) is 41.3 Å². The van der Waals surface area contributed by atoms with E-state index in [4.69, 9.17) is 4.18 Å². The van der Waals surface area contributed by atoms with E-state index in [1.54, 1.807) is 41.3 Å². The number of hydrogen-bond donors (Lipinski definition) is 1. The van der Waals surface area contributed by atoms with Gasteiger partial charge in [-0.1, -0.05) is 30.3 Å². The van der Waals surface area contributed by atoms with Crippen LogP contribution in [0.2, 0.25) is 0 Å². The lowest BCUT2D eigenvalue weighted by Gasteiger charge is -2.43. The third-order valence-electron chi connectivity index (χ3n) is 6.81. The molecule has 0 fully saturated rings. The van der Waals surface area contributed by atoms with Crippen molar-refractivity contribution in [3.8, 4) is 5.75 Å². The first-order valence-corrected chi connectivity index (χ1v) is 13.3. The first-order valence-electron chi connectivity index (χ1n) is 11.9. The zero-order valence-electron chi connectivity index (χ0n) is 19.5. The van der Waals surface area contributed by atoms with Crippen molar-refractivity contribution in [2.75, 3.05) is 6.54 Å². The molecule has 0 atom stereocenters. The number of rotatable bonds is 6. The predicted molar refractivity (Wildman–Crippen MR) is 130 cm³/mol. The zero-order chi connectivity index (χ0) is 25.4.